The molecule has 0 heterocycles. The summed E-state index contributed by atoms with van der Waals surface area (Å²) < 4.78 is 1.21. The number of nitrogens with zero attached hydrogens (tertiary/aromatic N) is 1. The lowest BCUT2D eigenvalue weighted by Gasteiger charge is -2.25. The van der Waals surface area contributed by atoms with E-state index in [0.29, 0.717) is 0 Å². The van der Waals surface area contributed by atoms with E-state index in [1.807, 2.05) is 12.1 Å². The number of unbranched alkanes of at least 4 members (excludes halogenated alkanes) is 4. The number of aliphatic hydroxyl groups is 1. The zero-order valence-electron chi connectivity index (χ0n) is 13.5. The van der Waals surface area contributed by atoms with Crippen LogP contribution in [0.4, 0.5) is 0 Å². The molecule has 0 fully saturated rings. The molecule has 0 saturated heterocycles. The molecule has 1 atom stereocenters. The molecule has 0 aliphatic carbocycles. The van der Waals surface area contributed by atoms with Crippen molar-refractivity contribution in [3.05, 3.63) is 33.4 Å². The molecule has 0 amide bonds. The van der Waals surface area contributed by atoms with Crippen LogP contribution in [0.3, 0.4) is 0 Å². The molecule has 1 aromatic carbocycles. The predicted octanol–water partition coefficient (Wildman–Crippen LogP) is 5.01. The number of rotatable bonds is 11. The Bertz CT molecular complexity index is 356. The van der Waals surface area contributed by atoms with Crippen LogP contribution in [0, 0.1) is 3.57 Å². The second-order valence-electron chi connectivity index (χ2n) is 5.78. The van der Waals surface area contributed by atoms with E-state index in [2.05, 4.69) is 53.5 Å². The third-order valence-corrected chi connectivity index (χ3v) is 4.56. The van der Waals surface area contributed by atoms with Gasteiger partial charge in [-0.2, -0.15) is 0 Å². The molecule has 1 aromatic rings. The molecular weight excluding hydrogens is 373 g/mol. The molecule has 1 N–H and O–H groups in total. The van der Waals surface area contributed by atoms with Crippen LogP contribution < -0.4 is 0 Å². The topological polar surface area (TPSA) is 23.5 Å². The SMILES string of the molecule is CCCCCN(CCCCC)C[C@H](O)c1ccc(I)cc1. The Morgan fingerprint density at radius 3 is 1.95 bits per heavy atom. The number of hydrogen-bond donors (Lipinski definition) is 1. The van der Waals surface area contributed by atoms with E-state index in [1.54, 1.807) is 0 Å². The fraction of sp³-hybridized carbons (Fsp3) is 0.667. The Balaban J connectivity index is 2.49. The van der Waals surface area contributed by atoms with Gasteiger partial charge in [0.2, 0.25) is 0 Å². The number of benzene rings is 1. The molecule has 0 spiro atoms. The van der Waals surface area contributed by atoms with E-state index in [9.17, 15) is 5.11 Å². The van der Waals surface area contributed by atoms with E-state index < -0.39 is 0 Å². The Kier molecular flexibility index (Phi) is 10.3. The largest absolute Gasteiger partial charge is 0.387 e. The average Bonchev–Trinajstić information content (AvgIpc) is 2.48. The molecule has 2 nitrogen and oxygen atoms in total. The van der Waals surface area contributed by atoms with Crippen molar-refractivity contribution in [1.82, 2.24) is 4.90 Å². The fourth-order valence-electron chi connectivity index (χ4n) is 2.50. The predicted molar refractivity (Wildman–Crippen MR) is 99.6 cm³/mol. The van der Waals surface area contributed by atoms with Crippen molar-refractivity contribution >= 4 is 22.6 Å². The summed E-state index contributed by atoms with van der Waals surface area (Å²) in [7, 11) is 0. The highest BCUT2D eigenvalue weighted by molar-refractivity contribution is 14.1. The zero-order valence-corrected chi connectivity index (χ0v) is 15.7. The quantitative estimate of drug-likeness (QED) is 0.415. The van der Waals surface area contributed by atoms with Crippen LogP contribution in [-0.4, -0.2) is 29.6 Å². The summed E-state index contributed by atoms with van der Waals surface area (Å²) in [4.78, 5) is 2.44. The zero-order chi connectivity index (χ0) is 15.5. The summed E-state index contributed by atoms with van der Waals surface area (Å²) in [5.41, 5.74) is 1.03. The van der Waals surface area contributed by atoms with Crippen molar-refractivity contribution in [1.29, 1.82) is 0 Å². The van der Waals surface area contributed by atoms with Crippen LogP contribution in [0.25, 0.3) is 0 Å². The highest BCUT2D eigenvalue weighted by atomic mass is 127. The molecule has 0 saturated carbocycles. The number of aliphatic hydroxyl groups excluding tert-OH is 1. The lowest BCUT2D eigenvalue weighted by Crippen LogP contribution is -2.30. The smallest absolute Gasteiger partial charge is 0.0916 e. The van der Waals surface area contributed by atoms with Crippen molar-refractivity contribution in [2.24, 2.45) is 0 Å². The maximum absolute atomic E-state index is 10.5. The van der Waals surface area contributed by atoms with Gasteiger partial charge in [0.1, 0.15) is 0 Å². The molecule has 0 radical (unpaired) electrons. The average molecular weight is 403 g/mol. The first-order valence-electron chi connectivity index (χ1n) is 8.33. The molecule has 1 rings (SSSR count). The van der Waals surface area contributed by atoms with Gasteiger partial charge in [0.25, 0.3) is 0 Å². The van der Waals surface area contributed by atoms with Gasteiger partial charge in [-0.25, -0.2) is 0 Å². The maximum atomic E-state index is 10.5. The van der Waals surface area contributed by atoms with E-state index in [1.165, 1.54) is 42.1 Å². The van der Waals surface area contributed by atoms with Crippen molar-refractivity contribution in [3.8, 4) is 0 Å². The third-order valence-electron chi connectivity index (χ3n) is 3.84. The van der Waals surface area contributed by atoms with Gasteiger partial charge in [-0.15, -0.1) is 0 Å². The van der Waals surface area contributed by atoms with Crippen LogP contribution in [-0.2, 0) is 0 Å². The first kappa shape index (κ1) is 18.9. The van der Waals surface area contributed by atoms with Crippen LogP contribution in [0.5, 0.6) is 0 Å². The Morgan fingerprint density at radius 1 is 0.952 bits per heavy atom. The van der Waals surface area contributed by atoms with Crippen molar-refractivity contribution in [3.63, 3.8) is 0 Å². The number of hydrogen-bond acceptors (Lipinski definition) is 2. The molecule has 120 valence electrons. The Hall–Kier alpha value is -0.130. The minimum Gasteiger partial charge on any atom is -0.387 e. The van der Waals surface area contributed by atoms with Crippen molar-refractivity contribution in [2.45, 2.75) is 58.5 Å². The summed E-state index contributed by atoms with van der Waals surface area (Å²) >= 11 is 2.30. The van der Waals surface area contributed by atoms with Gasteiger partial charge >= 0.3 is 0 Å². The minimum atomic E-state index is -0.370. The van der Waals surface area contributed by atoms with Crippen LogP contribution in [0.15, 0.2) is 24.3 Å². The van der Waals surface area contributed by atoms with Crippen LogP contribution in [0.1, 0.15) is 64.0 Å². The van der Waals surface area contributed by atoms with Gasteiger partial charge in [0.05, 0.1) is 6.10 Å². The Labute approximate surface area is 144 Å². The Morgan fingerprint density at radius 2 is 1.48 bits per heavy atom. The van der Waals surface area contributed by atoms with Gasteiger partial charge in [-0.05, 0) is 66.2 Å². The molecule has 21 heavy (non-hydrogen) atoms. The van der Waals surface area contributed by atoms with E-state index in [4.69, 9.17) is 0 Å². The van der Waals surface area contributed by atoms with Crippen molar-refractivity contribution < 1.29 is 5.11 Å². The second kappa shape index (κ2) is 11.4. The summed E-state index contributed by atoms with van der Waals surface area (Å²) in [6.07, 6.45) is 7.17. The summed E-state index contributed by atoms with van der Waals surface area (Å²) in [6.45, 7) is 7.45. The van der Waals surface area contributed by atoms with Gasteiger partial charge in [0, 0.05) is 10.1 Å². The van der Waals surface area contributed by atoms with Crippen LogP contribution in [0.2, 0.25) is 0 Å². The molecule has 0 bridgehead atoms. The molecular formula is C18H30INO. The van der Waals surface area contributed by atoms with E-state index in [-0.39, 0.29) is 6.10 Å². The standard InChI is InChI=1S/C18H30INO/c1-3-5-7-13-20(14-8-6-4-2)15-18(21)16-9-11-17(19)12-10-16/h9-12,18,21H,3-8,13-15H2,1-2H3/t18-/m0/s1. The molecule has 0 aliphatic heterocycles. The fourth-order valence-corrected chi connectivity index (χ4v) is 2.86. The van der Waals surface area contributed by atoms with Gasteiger partial charge in [0.15, 0.2) is 0 Å². The normalized spacial score (nSPS) is 12.8. The van der Waals surface area contributed by atoms with Gasteiger partial charge < -0.3 is 10.0 Å². The molecule has 0 aromatic heterocycles. The second-order valence-corrected chi connectivity index (χ2v) is 7.03. The molecule has 3 heteroatoms. The lowest BCUT2D eigenvalue weighted by molar-refractivity contribution is 0.110. The van der Waals surface area contributed by atoms with Crippen molar-refractivity contribution in [2.75, 3.05) is 19.6 Å². The summed E-state index contributed by atoms with van der Waals surface area (Å²) in [5, 5.41) is 10.5. The summed E-state index contributed by atoms with van der Waals surface area (Å²) in [5.74, 6) is 0. The first-order chi connectivity index (χ1) is 10.2. The maximum Gasteiger partial charge on any atom is 0.0916 e. The first-order valence-corrected chi connectivity index (χ1v) is 9.41. The van der Waals surface area contributed by atoms with Gasteiger partial charge in [-0.1, -0.05) is 51.7 Å². The highest BCUT2D eigenvalue weighted by Crippen LogP contribution is 2.17. The van der Waals surface area contributed by atoms with E-state index >= 15 is 0 Å². The lowest BCUT2D eigenvalue weighted by atomic mass is 10.1. The monoisotopic (exact) mass is 403 g/mol. The van der Waals surface area contributed by atoms with Gasteiger partial charge in [-0.3, -0.25) is 0 Å². The number of halogens is 1. The summed E-state index contributed by atoms with van der Waals surface area (Å²) in [6, 6.07) is 8.22. The van der Waals surface area contributed by atoms with Crippen LogP contribution >= 0.6 is 22.6 Å². The van der Waals surface area contributed by atoms with E-state index in [0.717, 1.165) is 25.2 Å². The highest BCUT2D eigenvalue weighted by Gasteiger charge is 2.13. The third kappa shape index (κ3) is 8.17. The molecule has 0 unspecified atom stereocenters. The molecule has 0 aliphatic rings. The minimum absolute atomic E-state index is 0.370.